The van der Waals surface area contributed by atoms with Crippen molar-refractivity contribution in [3.63, 3.8) is 0 Å². The standard InChI is InChI=1S/C12H18BrNO/c1-9-7-12(15-2)11(13)8-10(9)5-3-4-6-14/h7-8H,3-6,14H2,1-2H3. The Labute approximate surface area is 99.9 Å². The van der Waals surface area contributed by atoms with Crippen molar-refractivity contribution in [3.05, 3.63) is 27.7 Å². The molecule has 0 fully saturated rings. The average Bonchev–Trinajstić information content (AvgIpc) is 2.23. The third kappa shape index (κ3) is 3.50. The van der Waals surface area contributed by atoms with Crippen LogP contribution in [0.3, 0.4) is 0 Å². The van der Waals surface area contributed by atoms with E-state index in [0.29, 0.717) is 0 Å². The molecule has 84 valence electrons. The van der Waals surface area contributed by atoms with Crippen LogP contribution in [0.4, 0.5) is 0 Å². The van der Waals surface area contributed by atoms with E-state index in [-0.39, 0.29) is 0 Å². The molecule has 0 aliphatic rings. The third-order valence-electron chi connectivity index (χ3n) is 2.51. The van der Waals surface area contributed by atoms with Crippen LogP contribution in [0, 0.1) is 6.92 Å². The molecule has 0 amide bonds. The molecule has 0 saturated heterocycles. The minimum atomic E-state index is 0.774. The van der Waals surface area contributed by atoms with Gasteiger partial charge in [-0.15, -0.1) is 0 Å². The quantitative estimate of drug-likeness (QED) is 0.836. The molecular weight excluding hydrogens is 254 g/mol. The first kappa shape index (κ1) is 12.5. The van der Waals surface area contributed by atoms with E-state index < -0.39 is 0 Å². The molecule has 3 heteroatoms. The minimum absolute atomic E-state index is 0.774. The maximum absolute atomic E-state index is 5.48. The second-order valence-corrected chi connectivity index (χ2v) is 4.51. The van der Waals surface area contributed by atoms with Crippen molar-refractivity contribution < 1.29 is 4.74 Å². The lowest BCUT2D eigenvalue weighted by atomic mass is 10.0. The Morgan fingerprint density at radius 2 is 2.07 bits per heavy atom. The summed E-state index contributed by atoms with van der Waals surface area (Å²) in [6, 6.07) is 4.21. The van der Waals surface area contributed by atoms with E-state index in [4.69, 9.17) is 10.5 Å². The van der Waals surface area contributed by atoms with Crippen molar-refractivity contribution in [1.82, 2.24) is 0 Å². The highest BCUT2D eigenvalue weighted by atomic mass is 79.9. The zero-order valence-corrected chi connectivity index (χ0v) is 10.9. The normalized spacial score (nSPS) is 10.4. The number of rotatable bonds is 5. The molecule has 0 aliphatic carbocycles. The number of methoxy groups -OCH3 is 1. The molecule has 0 unspecified atom stereocenters. The van der Waals surface area contributed by atoms with E-state index in [1.165, 1.54) is 11.1 Å². The Morgan fingerprint density at radius 3 is 2.67 bits per heavy atom. The zero-order chi connectivity index (χ0) is 11.3. The SMILES string of the molecule is COc1cc(C)c(CCCCN)cc1Br. The predicted octanol–water partition coefficient (Wildman–Crippen LogP) is 3.05. The Hall–Kier alpha value is -0.540. The molecule has 2 nitrogen and oxygen atoms in total. The highest BCUT2D eigenvalue weighted by molar-refractivity contribution is 9.10. The number of nitrogens with two attached hydrogens (primary N) is 1. The Morgan fingerprint density at radius 1 is 1.33 bits per heavy atom. The molecule has 0 bridgehead atoms. The van der Waals surface area contributed by atoms with Crippen LogP contribution < -0.4 is 10.5 Å². The molecular formula is C12H18BrNO. The first-order valence-corrected chi connectivity index (χ1v) is 6.01. The number of hydrogen-bond donors (Lipinski definition) is 1. The summed E-state index contributed by atoms with van der Waals surface area (Å²) in [6.45, 7) is 2.89. The first-order chi connectivity index (χ1) is 7.19. The monoisotopic (exact) mass is 271 g/mol. The summed E-state index contributed by atoms with van der Waals surface area (Å²) in [5, 5.41) is 0. The summed E-state index contributed by atoms with van der Waals surface area (Å²) in [5.74, 6) is 0.898. The van der Waals surface area contributed by atoms with Gasteiger partial charge in [-0.05, 0) is 71.9 Å². The van der Waals surface area contributed by atoms with Crippen LogP contribution >= 0.6 is 15.9 Å². The summed E-state index contributed by atoms with van der Waals surface area (Å²) in [5.41, 5.74) is 8.13. The summed E-state index contributed by atoms with van der Waals surface area (Å²) in [7, 11) is 1.69. The fourth-order valence-corrected chi connectivity index (χ4v) is 2.13. The molecule has 15 heavy (non-hydrogen) atoms. The lowest BCUT2D eigenvalue weighted by molar-refractivity contribution is 0.411. The smallest absolute Gasteiger partial charge is 0.133 e. The van der Waals surface area contributed by atoms with Crippen molar-refractivity contribution >= 4 is 15.9 Å². The highest BCUT2D eigenvalue weighted by Gasteiger charge is 2.05. The molecule has 0 radical (unpaired) electrons. The minimum Gasteiger partial charge on any atom is -0.496 e. The maximum Gasteiger partial charge on any atom is 0.133 e. The van der Waals surface area contributed by atoms with Crippen molar-refractivity contribution in [2.75, 3.05) is 13.7 Å². The molecule has 0 aliphatic heterocycles. The van der Waals surface area contributed by atoms with Crippen molar-refractivity contribution in [1.29, 1.82) is 0 Å². The third-order valence-corrected chi connectivity index (χ3v) is 3.13. The number of halogens is 1. The lowest BCUT2D eigenvalue weighted by Gasteiger charge is -2.10. The Kier molecular flexibility index (Phi) is 5.12. The summed E-state index contributed by atoms with van der Waals surface area (Å²) < 4.78 is 6.27. The Balaban J connectivity index is 2.76. The van der Waals surface area contributed by atoms with E-state index in [0.717, 1.165) is 36.0 Å². The molecule has 0 atom stereocenters. The molecule has 1 aromatic rings. The number of hydrogen-bond acceptors (Lipinski definition) is 2. The first-order valence-electron chi connectivity index (χ1n) is 5.22. The summed E-state index contributed by atoms with van der Waals surface area (Å²) >= 11 is 3.50. The van der Waals surface area contributed by atoms with Gasteiger partial charge in [0.15, 0.2) is 0 Å². The van der Waals surface area contributed by atoms with Crippen LogP contribution in [0.5, 0.6) is 5.75 Å². The maximum atomic E-state index is 5.48. The molecule has 0 saturated carbocycles. The number of benzene rings is 1. The van der Waals surface area contributed by atoms with E-state index >= 15 is 0 Å². The number of unbranched alkanes of at least 4 members (excludes halogenated alkanes) is 1. The molecule has 2 N–H and O–H groups in total. The Bertz CT molecular complexity index is 326. The number of ether oxygens (including phenoxy) is 1. The molecule has 0 aromatic heterocycles. The predicted molar refractivity (Wildman–Crippen MR) is 67.4 cm³/mol. The highest BCUT2D eigenvalue weighted by Crippen LogP contribution is 2.28. The van der Waals surface area contributed by atoms with Crippen LogP contribution in [0.15, 0.2) is 16.6 Å². The van der Waals surface area contributed by atoms with Gasteiger partial charge >= 0.3 is 0 Å². The van der Waals surface area contributed by atoms with Crippen LogP contribution in [0.1, 0.15) is 24.0 Å². The van der Waals surface area contributed by atoms with Crippen LogP contribution in [0.2, 0.25) is 0 Å². The zero-order valence-electron chi connectivity index (χ0n) is 9.35. The number of aryl methyl sites for hydroxylation is 2. The van der Waals surface area contributed by atoms with Crippen LogP contribution in [-0.2, 0) is 6.42 Å². The summed E-state index contributed by atoms with van der Waals surface area (Å²) in [6.07, 6.45) is 3.32. The van der Waals surface area contributed by atoms with Gasteiger partial charge in [0.05, 0.1) is 11.6 Å². The molecule has 0 spiro atoms. The fraction of sp³-hybridized carbons (Fsp3) is 0.500. The van der Waals surface area contributed by atoms with Gasteiger partial charge in [0.2, 0.25) is 0 Å². The van der Waals surface area contributed by atoms with Crippen molar-refractivity contribution in [2.45, 2.75) is 26.2 Å². The topological polar surface area (TPSA) is 35.2 Å². The van der Waals surface area contributed by atoms with Gasteiger partial charge in [-0.1, -0.05) is 0 Å². The second kappa shape index (κ2) is 6.13. The average molecular weight is 272 g/mol. The van der Waals surface area contributed by atoms with Gasteiger partial charge in [-0.2, -0.15) is 0 Å². The van der Waals surface area contributed by atoms with Gasteiger partial charge in [0.25, 0.3) is 0 Å². The van der Waals surface area contributed by atoms with Gasteiger partial charge in [0, 0.05) is 0 Å². The molecule has 1 rings (SSSR count). The lowest BCUT2D eigenvalue weighted by Crippen LogP contribution is -2.00. The van der Waals surface area contributed by atoms with Gasteiger partial charge < -0.3 is 10.5 Å². The van der Waals surface area contributed by atoms with Gasteiger partial charge in [0.1, 0.15) is 5.75 Å². The summed E-state index contributed by atoms with van der Waals surface area (Å²) in [4.78, 5) is 0. The second-order valence-electron chi connectivity index (χ2n) is 3.66. The van der Waals surface area contributed by atoms with E-state index in [9.17, 15) is 0 Å². The van der Waals surface area contributed by atoms with Crippen molar-refractivity contribution in [2.24, 2.45) is 5.73 Å². The molecule has 1 aromatic carbocycles. The van der Waals surface area contributed by atoms with Gasteiger partial charge in [-0.3, -0.25) is 0 Å². The molecule has 0 heterocycles. The van der Waals surface area contributed by atoms with E-state index in [1.807, 2.05) is 0 Å². The van der Waals surface area contributed by atoms with Crippen molar-refractivity contribution in [3.8, 4) is 5.75 Å². The van der Waals surface area contributed by atoms with Crippen LogP contribution in [0.25, 0.3) is 0 Å². The van der Waals surface area contributed by atoms with E-state index in [2.05, 4.69) is 35.0 Å². The largest absolute Gasteiger partial charge is 0.496 e. The van der Waals surface area contributed by atoms with E-state index in [1.54, 1.807) is 7.11 Å². The fourth-order valence-electron chi connectivity index (χ4n) is 1.58. The van der Waals surface area contributed by atoms with Gasteiger partial charge in [-0.25, -0.2) is 0 Å². The van der Waals surface area contributed by atoms with Crippen LogP contribution in [-0.4, -0.2) is 13.7 Å².